The molecule has 2 saturated carbocycles. The zero-order valence-electron chi connectivity index (χ0n) is 10.6. The second-order valence-electron chi connectivity index (χ2n) is 5.46. The number of carbonyl (C=O) groups is 2. The Morgan fingerprint density at radius 2 is 1.85 bits per heavy atom. The summed E-state index contributed by atoms with van der Waals surface area (Å²) in [7, 11) is -3.72. The fourth-order valence-corrected chi connectivity index (χ4v) is 5.85. The van der Waals surface area contributed by atoms with E-state index in [4.69, 9.17) is 0 Å². The van der Waals surface area contributed by atoms with Gasteiger partial charge in [0.15, 0.2) is 9.84 Å². The molecule has 3 rings (SSSR count). The van der Waals surface area contributed by atoms with Crippen LogP contribution >= 0.6 is 0 Å². The van der Waals surface area contributed by atoms with E-state index in [0.29, 0.717) is 6.42 Å². The maximum absolute atomic E-state index is 12.7. The van der Waals surface area contributed by atoms with Crippen molar-refractivity contribution in [1.82, 2.24) is 0 Å². The minimum absolute atomic E-state index is 0.109. The van der Waals surface area contributed by atoms with E-state index in [-0.39, 0.29) is 23.0 Å². The van der Waals surface area contributed by atoms with Gasteiger partial charge in [0.1, 0.15) is 5.78 Å². The van der Waals surface area contributed by atoms with Crippen molar-refractivity contribution in [1.29, 1.82) is 0 Å². The molecule has 6 heteroatoms. The molecular formula is C14H14O5S. The Morgan fingerprint density at radius 1 is 1.20 bits per heavy atom. The molecule has 2 bridgehead atoms. The SMILES string of the molecule is O=C1CC2CC1C(C(=O)O)C2S(=O)(=O)c1ccccc1. The van der Waals surface area contributed by atoms with Crippen LogP contribution in [0.4, 0.5) is 0 Å². The molecule has 20 heavy (non-hydrogen) atoms. The number of aliphatic carboxylic acids is 1. The predicted octanol–water partition coefficient (Wildman–Crippen LogP) is 1.14. The van der Waals surface area contributed by atoms with Crippen molar-refractivity contribution in [2.75, 3.05) is 0 Å². The lowest BCUT2D eigenvalue weighted by atomic mass is 9.87. The summed E-state index contributed by atoms with van der Waals surface area (Å²) in [5.41, 5.74) is 0. The zero-order chi connectivity index (χ0) is 14.5. The van der Waals surface area contributed by atoms with E-state index in [0.717, 1.165) is 0 Å². The van der Waals surface area contributed by atoms with E-state index in [1.165, 1.54) is 12.1 Å². The fraction of sp³-hybridized carbons (Fsp3) is 0.429. The summed E-state index contributed by atoms with van der Waals surface area (Å²) in [5, 5.41) is 8.34. The third-order valence-electron chi connectivity index (χ3n) is 4.40. The lowest BCUT2D eigenvalue weighted by Crippen LogP contribution is -2.42. The quantitative estimate of drug-likeness (QED) is 0.903. The van der Waals surface area contributed by atoms with Gasteiger partial charge in [0, 0.05) is 12.3 Å². The van der Waals surface area contributed by atoms with Crippen LogP contribution in [0.2, 0.25) is 0 Å². The van der Waals surface area contributed by atoms with Gasteiger partial charge < -0.3 is 5.11 Å². The summed E-state index contributed by atoms with van der Waals surface area (Å²) < 4.78 is 25.3. The Morgan fingerprint density at radius 3 is 2.45 bits per heavy atom. The van der Waals surface area contributed by atoms with Gasteiger partial charge in [0.2, 0.25) is 0 Å². The van der Waals surface area contributed by atoms with E-state index >= 15 is 0 Å². The van der Waals surface area contributed by atoms with Crippen LogP contribution in [0.5, 0.6) is 0 Å². The standard InChI is InChI=1S/C14H14O5S/c15-11-7-8-6-10(11)12(14(16)17)13(8)20(18,19)9-4-2-1-3-5-9/h1-5,8,10,12-13H,6-7H2,(H,16,17). The van der Waals surface area contributed by atoms with Crippen molar-refractivity contribution in [2.45, 2.75) is 23.0 Å². The summed E-state index contributed by atoms with van der Waals surface area (Å²) in [6, 6.07) is 7.88. The van der Waals surface area contributed by atoms with Crippen molar-refractivity contribution in [3.05, 3.63) is 30.3 Å². The van der Waals surface area contributed by atoms with Crippen molar-refractivity contribution < 1.29 is 23.1 Å². The van der Waals surface area contributed by atoms with Gasteiger partial charge in [-0.2, -0.15) is 0 Å². The summed E-state index contributed by atoms with van der Waals surface area (Å²) in [6.45, 7) is 0. The molecule has 1 N–H and O–H groups in total. The van der Waals surface area contributed by atoms with E-state index < -0.39 is 32.9 Å². The van der Waals surface area contributed by atoms with Crippen LogP contribution in [0.1, 0.15) is 12.8 Å². The molecule has 1 aromatic rings. The molecule has 2 fully saturated rings. The number of ketones is 1. The number of carboxylic acids is 1. The normalized spacial score (nSPS) is 32.5. The van der Waals surface area contributed by atoms with E-state index in [2.05, 4.69) is 0 Å². The third kappa shape index (κ3) is 1.78. The molecule has 4 atom stereocenters. The minimum atomic E-state index is -3.72. The number of hydrogen-bond donors (Lipinski definition) is 1. The van der Waals surface area contributed by atoms with Crippen LogP contribution in [0.15, 0.2) is 35.2 Å². The molecule has 2 aliphatic rings. The second-order valence-corrected chi connectivity index (χ2v) is 7.57. The number of fused-ring (bicyclic) bond motifs is 2. The molecule has 4 unspecified atom stereocenters. The van der Waals surface area contributed by atoms with Gasteiger partial charge in [0.25, 0.3) is 0 Å². The number of carbonyl (C=O) groups excluding carboxylic acids is 1. The number of benzene rings is 1. The van der Waals surface area contributed by atoms with Gasteiger partial charge >= 0.3 is 5.97 Å². The van der Waals surface area contributed by atoms with Gasteiger partial charge in [-0.25, -0.2) is 8.42 Å². The maximum Gasteiger partial charge on any atom is 0.308 e. The first-order valence-corrected chi connectivity index (χ1v) is 8.02. The molecule has 5 nitrogen and oxygen atoms in total. The molecule has 1 aromatic carbocycles. The van der Waals surface area contributed by atoms with Crippen LogP contribution in [-0.2, 0) is 19.4 Å². The summed E-state index contributed by atoms with van der Waals surface area (Å²) in [5.74, 6) is -3.40. The Balaban J connectivity index is 2.06. The average Bonchev–Trinajstić information content (AvgIpc) is 2.96. The summed E-state index contributed by atoms with van der Waals surface area (Å²) in [6.07, 6.45) is 0.567. The highest BCUT2D eigenvalue weighted by Gasteiger charge is 2.60. The maximum atomic E-state index is 12.7. The van der Waals surface area contributed by atoms with Crippen LogP contribution in [0, 0.1) is 17.8 Å². The second kappa shape index (κ2) is 4.41. The van der Waals surface area contributed by atoms with Crippen molar-refractivity contribution in [2.24, 2.45) is 17.8 Å². The van der Waals surface area contributed by atoms with Gasteiger partial charge in [-0.05, 0) is 24.5 Å². The number of carboxylic acid groups (broad SMARTS) is 1. The molecule has 0 heterocycles. The Kier molecular flexibility index (Phi) is 2.93. The summed E-state index contributed by atoms with van der Waals surface area (Å²) in [4.78, 5) is 23.2. The molecule has 106 valence electrons. The number of rotatable bonds is 3. The third-order valence-corrected chi connectivity index (χ3v) is 6.72. The highest BCUT2D eigenvalue weighted by Crippen LogP contribution is 2.50. The number of sulfone groups is 1. The molecule has 0 amide bonds. The Hall–Kier alpha value is -1.69. The van der Waals surface area contributed by atoms with Crippen LogP contribution in [0.3, 0.4) is 0 Å². The monoisotopic (exact) mass is 294 g/mol. The first-order chi connectivity index (χ1) is 9.43. The fourth-order valence-electron chi connectivity index (χ4n) is 3.60. The van der Waals surface area contributed by atoms with Crippen LogP contribution in [0.25, 0.3) is 0 Å². The highest BCUT2D eigenvalue weighted by atomic mass is 32.2. The molecule has 0 aromatic heterocycles. The molecule has 0 spiro atoms. The van der Waals surface area contributed by atoms with Crippen LogP contribution < -0.4 is 0 Å². The van der Waals surface area contributed by atoms with Crippen molar-refractivity contribution >= 4 is 21.6 Å². The van der Waals surface area contributed by atoms with E-state index in [1.54, 1.807) is 18.2 Å². The first kappa shape index (κ1) is 13.3. The van der Waals surface area contributed by atoms with E-state index in [9.17, 15) is 23.1 Å². The molecule has 0 aliphatic heterocycles. The zero-order valence-corrected chi connectivity index (χ0v) is 11.4. The smallest absolute Gasteiger partial charge is 0.308 e. The largest absolute Gasteiger partial charge is 0.481 e. The van der Waals surface area contributed by atoms with Gasteiger partial charge in [-0.1, -0.05) is 18.2 Å². The minimum Gasteiger partial charge on any atom is -0.481 e. The van der Waals surface area contributed by atoms with Gasteiger partial charge in [0.05, 0.1) is 16.1 Å². The topological polar surface area (TPSA) is 88.5 Å². The lowest BCUT2D eigenvalue weighted by Gasteiger charge is -2.27. The Bertz CT molecular complexity index is 664. The van der Waals surface area contributed by atoms with Crippen LogP contribution in [-0.4, -0.2) is 30.5 Å². The predicted molar refractivity (Wildman–Crippen MR) is 69.8 cm³/mol. The van der Waals surface area contributed by atoms with Crippen molar-refractivity contribution in [3.8, 4) is 0 Å². The first-order valence-electron chi connectivity index (χ1n) is 6.47. The molecule has 0 saturated heterocycles. The lowest BCUT2D eigenvalue weighted by molar-refractivity contribution is -0.146. The van der Waals surface area contributed by atoms with Gasteiger partial charge in [-0.15, -0.1) is 0 Å². The highest BCUT2D eigenvalue weighted by molar-refractivity contribution is 7.92. The molecular weight excluding hydrogens is 280 g/mol. The number of Topliss-reactive ketones (excluding diaryl/α,β-unsaturated/α-hetero) is 1. The van der Waals surface area contributed by atoms with Crippen molar-refractivity contribution in [3.63, 3.8) is 0 Å². The van der Waals surface area contributed by atoms with E-state index in [1.807, 2.05) is 0 Å². The molecule has 0 radical (unpaired) electrons. The average molecular weight is 294 g/mol. The number of hydrogen-bond acceptors (Lipinski definition) is 4. The summed E-state index contributed by atoms with van der Waals surface area (Å²) >= 11 is 0. The molecule has 2 aliphatic carbocycles. The van der Waals surface area contributed by atoms with Gasteiger partial charge in [-0.3, -0.25) is 9.59 Å². The Labute approximate surface area is 116 Å².